The van der Waals surface area contributed by atoms with Crippen LogP contribution in [0.25, 0.3) is 27.8 Å². The Morgan fingerprint density at radius 3 is 2.33 bits per heavy atom. The fraction of sp³-hybridized carbons (Fsp3) is 0.292. The SMILES string of the molecule is CCCN(CCC)C(=O)Cn1c(=O)n2cc(-c3ccccc3)nc2c2ccccc21. The van der Waals surface area contributed by atoms with Crippen molar-refractivity contribution in [3.8, 4) is 11.3 Å². The maximum absolute atomic E-state index is 13.4. The number of carbonyl (C=O) groups is 1. The van der Waals surface area contributed by atoms with Crippen molar-refractivity contribution >= 4 is 22.5 Å². The minimum absolute atomic E-state index is 0.0220. The van der Waals surface area contributed by atoms with E-state index in [4.69, 9.17) is 4.98 Å². The Kier molecular flexibility index (Phi) is 5.65. The van der Waals surface area contributed by atoms with E-state index in [2.05, 4.69) is 13.8 Å². The zero-order chi connectivity index (χ0) is 21.1. The minimum atomic E-state index is -0.250. The van der Waals surface area contributed by atoms with E-state index in [0.29, 0.717) is 18.7 Å². The molecule has 0 aliphatic carbocycles. The summed E-state index contributed by atoms with van der Waals surface area (Å²) in [6.45, 7) is 5.53. The van der Waals surface area contributed by atoms with Crippen molar-refractivity contribution in [2.75, 3.05) is 13.1 Å². The maximum Gasteiger partial charge on any atom is 0.334 e. The molecule has 4 aromatic rings. The van der Waals surface area contributed by atoms with Crippen molar-refractivity contribution in [3.05, 3.63) is 71.3 Å². The Hall–Kier alpha value is -3.41. The topological polar surface area (TPSA) is 59.6 Å². The molecule has 2 aromatic heterocycles. The average Bonchev–Trinajstić information content (AvgIpc) is 3.23. The molecule has 2 aromatic carbocycles. The molecule has 154 valence electrons. The van der Waals surface area contributed by atoms with E-state index in [9.17, 15) is 9.59 Å². The molecule has 1 amide bonds. The highest BCUT2D eigenvalue weighted by Crippen LogP contribution is 2.23. The molecule has 0 aliphatic rings. The Labute approximate surface area is 175 Å². The molecule has 0 unspecified atom stereocenters. The third-order valence-corrected chi connectivity index (χ3v) is 5.28. The number of aromatic nitrogens is 3. The van der Waals surface area contributed by atoms with Gasteiger partial charge in [0.05, 0.1) is 11.2 Å². The van der Waals surface area contributed by atoms with E-state index in [1.807, 2.05) is 59.5 Å². The van der Waals surface area contributed by atoms with Gasteiger partial charge in [0.15, 0.2) is 5.65 Å². The van der Waals surface area contributed by atoms with Crippen molar-refractivity contribution in [2.24, 2.45) is 0 Å². The van der Waals surface area contributed by atoms with Crippen molar-refractivity contribution in [1.29, 1.82) is 0 Å². The molecular formula is C24H26N4O2. The number of hydrogen-bond donors (Lipinski definition) is 0. The lowest BCUT2D eigenvalue weighted by atomic mass is 10.2. The fourth-order valence-electron chi connectivity index (χ4n) is 3.88. The Bertz CT molecular complexity index is 1230. The standard InChI is InChI=1S/C24H26N4O2/c1-3-14-26(15-4-2)22(29)17-27-21-13-9-8-12-19(21)23-25-20(16-28(23)24(27)30)18-10-6-5-7-11-18/h5-13,16H,3-4,14-15,17H2,1-2H3. The van der Waals surface area contributed by atoms with Crippen LogP contribution in [0.3, 0.4) is 0 Å². The summed E-state index contributed by atoms with van der Waals surface area (Å²) in [7, 11) is 0. The number of carbonyl (C=O) groups excluding carboxylic acids is 1. The highest BCUT2D eigenvalue weighted by Gasteiger charge is 2.18. The van der Waals surface area contributed by atoms with E-state index in [1.165, 1.54) is 0 Å². The Morgan fingerprint density at radius 2 is 1.63 bits per heavy atom. The zero-order valence-electron chi connectivity index (χ0n) is 17.4. The lowest BCUT2D eigenvalue weighted by Crippen LogP contribution is -2.38. The first-order valence-corrected chi connectivity index (χ1v) is 10.5. The first kappa shape index (κ1) is 19.9. The summed E-state index contributed by atoms with van der Waals surface area (Å²) in [5.41, 5.74) is 2.77. The number of fused-ring (bicyclic) bond motifs is 3. The van der Waals surface area contributed by atoms with Crippen LogP contribution in [0.5, 0.6) is 0 Å². The predicted octanol–water partition coefficient (Wildman–Crippen LogP) is 3.96. The van der Waals surface area contributed by atoms with Gasteiger partial charge in [-0.25, -0.2) is 9.78 Å². The summed E-state index contributed by atoms with van der Waals surface area (Å²) < 4.78 is 3.13. The highest BCUT2D eigenvalue weighted by molar-refractivity contribution is 5.93. The smallest absolute Gasteiger partial charge is 0.334 e. The van der Waals surface area contributed by atoms with Gasteiger partial charge in [-0.3, -0.25) is 13.8 Å². The summed E-state index contributed by atoms with van der Waals surface area (Å²) >= 11 is 0. The van der Waals surface area contributed by atoms with Crippen molar-refractivity contribution in [1.82, 2.24) is 18.9 Å². The summed E-state index contributed by atoms with van der Waals surface area (Å²) in [4.78, 5) is 33.0. The Morgan fingerprint density at radius 1 is 0.967 bits per heavy atom. The second-order valence-electron chi connectivity index (χ2n) is 7.45. The van der Waals surface area contributed by atoms with Gasteiger partial charge in [0, 0.05) is 30.2 Å². The average molecular weight is 402 g/mol. The molecule has 6 heteroatoms. The molecule has 30 heavy (non-hydrogen) atoms. The largest absolute Gasteiger partial charge is 0.341 e. The van der Waals surface area contributed by atoms with Gasteiger partial charge in [0.1, 0.15) is 6.54 Å². The van der Waals surface area contributed by atoms with Crippen LogP contribution in [0.4, 0.5) is 0 Å². The van der Waals surface area contributed by atoms with Crippen LogP contribution < -0.4 is 5.69 Å². The molecule has 2 heterocycles. The summed E-state index contributed by atoms with van der Waals surface area (Å²) in [6.07, 6.45) is 3.54. The third kappa shape index (κ3) is 3.61. The molecule has 0 saturated heterocycles. The fourth-order valence-corrected chi connectivity index (χ4v) is 3.88. The van der Waals surface area contributed by atoms with Gasteiger partial charge in [-0.15, -0.1) is 0 Å². The molecule has 0 spiro atoms. The minimum Gasteiger partial charge on any atom is -0.341 e. The van der Waals surface area contributed by atoms with Gasteiger partial charge < -0.3 is 4.90 Å². The molecule has 6 nitrogen and oxygen atoms in total. The molecule has 0 bridgehead atoms. The molecular weight excluding hydrogens is 376 g/mol. The van der Waals surface area contributed by atoms with Crippen molar-refractivity contribution in [2.45, 2.75) is 33.2 Å². The van der Waals surface area contributed by atoms with Crippen LogP contribution in [0.15, 0.2) is 65.6 Å². The lowest BCUT2D eigenvalue weighted by molar-refractivity contribution is -0.131. The molecule has 4 rings (SSSR count). The van der Waals surface area contributed by atoms with Crippen LogP contribution in [-0.4, -0.2) is 37.8 Å². The van der Waals surface area contributed by atoms with Crippen molar-refractivity contribution in [3.63, 3.8) is 0 Å². The van der Waals surface area contributed by atoms with Crippen LogP contribution in [0, 0.1) is 0 Å². The molecule has 0 N–H and O–H groups in total. The highest BCUT2D eigenvalue weighted by atomic mass is 16.2. The molecule has 0 fully saturated rings. The number of rotatable bonds is 7. The van der Waals surface area contributed by atoms with Gasteiger partial charge in [0.2, 0.25) is 5.91 Å². The van der Waals surface area contributed by atoms with Gasteiger partial charge in [-0.1, -0.05) is 56.3 Å². The number of nitrogens with zero attached hydrogens (tertiary/aromatic N) is 4. The summed E-state index contributed by atoms with van der Waals surface area (Å²) in [5, 5.41) is 0.851. The number of benzene rings is 2. The third-order valence-electron chi connectivity index (χ3n) is 5.28. The molecule has 0 radical (unpaired) electrons. The van der Waals surface area contributed by atoms with Gasteiger partial charge in [-0.05, 0) is 25.0 Å². The number of imidazole rings is 1. The summed E-state index contributed by atoms with van der Waals surface area (Å²) in [5.74, 6) is -0.0336. The number of para-hydroxylation sites is 1. The zero-order valence-corrected chi connectivity index (χ0v) is 17.4. The van der Waals surface area contributed by atoms with E-state index in [0.717, 1.165) is 35.0 Å². The first-order chi connectivity index (χ1) is 14.6. The predicted molar refractivity (Wildman–Crippen MR) is 120 cm³/mol. The molecule has 0 aliphatic heterocycles. The molecule has 0 saturated carbocycles. The maximum atomic E-state index is 13.4. The van der Waals surface area contributed by atoms with Crippen molar-refractivity contribution < 1.29 is 4.79 Å². The second-order valence-corrected chi connectivity index (χ2v) is 7.45. The van der Waals surface area contributed by atoms with Gasteiger partial charge in [0.25, 0.3) is 0 Å². The van der Waals surface area contributed by atoms with E-state index >= 15 is 0 Å². The van der Waals surface area contributed by atoms with Crippen LogP contribution in [-0.2, 0) is 11.3 Å². The first-order valence-electron chi connectivity index (χ1n) is 10.5. The lowest BCUT2D eigenvalue weighted by Gasteiger charge is -2.22. The monoisotopic (exact) mass is 402 g/mol. The quantitative estimate of drug-likeness (QED) is 0.470. The Balaban J connectivity index is 1.86. The second kappa shape index (κ2) is 8.53. The van der Waals surface area contributed by atoms with Gasteiger partial charge >= 0.3 is 5.69 Å². The van der Waals surface area contributed by atoms with E-state index in [-0.39, 0.29) is 18.1 Å². The number of amides is 1. The van der Waals surface area contributed by atoms with Crippen LogP contribution >= 0.6 is 0 Å². The number of hydrogen-bond acceptors (Lipinski definition) is 3. The van der Waals surface area contributed by atoms with E-state index in [1.54, 1.807) is 15.2 Å². The molecule has 0 atom stereocenters. The van der Waals surface area contributed by atoms with E-state index < -0.39 is 0 Å². The normalized spacial score (nSPS) is 11.3. The van der Waals surface area contributed by atoms with Gasteiger partial charge in [-0.2, -0.15) is 0 Å². The van der Waals surface area contributed by atoms with Crippen LogP contribution in [0.2, 0.25) is 0 Å². The summed E-state index contributed by atoms with van der Waals surface area (Å²) in [6, 6.07) is 17.4. The van der Waals surface area contributed by atoms with Crippen LogP contribution in [0.1, 0.15) is 26.7 Å².